The van der Waals surface area contributed by atoms with E-state index < -0.39 is 12.0 Å². The van der Waals surface area contributed by atoms with Crippen LogP contribution in [0.1, 0.15) is 25.7 Å². The number of carboxylic acids is 1. The van der Waals surface area contributed by atoms with Gasteiger partial charge in [0, 0.05) is 35.6 Å². The van der Waals surface area contributed by atoms with Gasteiger partial charge in [-0.3, -0.25) is 10.1 Å². The molecule has 5 heteroatoms. The van der Waals surface area contributed by atoms with E-state index in [9.17, 15) is 4.79 Å². The van der Waals surface area contributed by atoms with E-state index >= 15 is 0 Å². The van der Waals surface area contributed by atoms with Crippen molar-refractivity contribution in [3.05, 3.63) is 0 Å². The molecule has 1 rings (SSSR count). The molecule has 0 aromatic carbocycles. The van der Waals surface area contributed by atoms with Crippen molar-refractivity contribution in [3.8, 4) is 0 Å². The number of aliphatic hydroxyl groups is 1. The molecule has 0 amide bonds. The third-order valence-corrected chi connectivity index (χ3v) is 2.27. The van der Waals surface area contributed by atoms with Crippen LogP contribution in [-0.4, -0.2) is 64.4 Å². The first kappa shape index (κ1) is 13.4. The minimum Gasteiger partial charge on any atom is -0.480 e. The Labute approximate surface area is 100 Å². The maximum Gasteiger partial charge on any atom is 0.323 e. The van der Waals surface area contributed by atoms with Gasteiger partial charge in [-0.25, -0.2) is 0 Å². The van der Waals surface area contributed by atoms with Crippen LogP contribution in [0.15, 0.2) is 0 Å². The van der Waals surface area contributed by atoms with Crippen LogP contribution in [0.5, 0.6) is 0 Å². The standard InChI is InChI=1S/C8H15NO3.Na/c10-5-7(8(11)12)9-6-3-1-2-4-6;/h6-7,9-10H,1-5H2,(H,11,12);. The van der Waals surface area contributed by atoms with Crippen molar-refractivity contribution in [2.24, 2.45) is 0 Å². The smallest absolute Gasteiger partial charge is 0.323 e. The van der Waals surface area contributed by atoms with Crippen LogP contribution in [0, 0.1) is 0 Å². The van der Waals surface area contributed by atoms with Crippen LogP contribution >= 0.6 is 0 Å². The number of carbonyl (C=O) groups is 1. The Kier molecular flexibility index (Phi) is 6.99. The summed E-state index contributed by atoms with van der Waals surface area (Å²) in [7, 11) is 0. The second-order valence-electron chi connectivity index (χ2n) is 3.22. The van der Waals surface area contributed by atoms with Gasteiger partial charge in [-0.05, 0) is 12.8 Å². The predicted octanol–water partition coefficient (Wildman–Crippen LogP) is -0.417. The molecule has 4 nitrogen and oxygen atoms in total. The van der Waals surface area contributed by atoms with Crippen molar-refractivity contribution in [2.75, 3.05) is 6.61 Å². The van der Waals surface area contributed by atoms with Gasteiger partial charge in [0.05, 0.1) is 6.61 Å². The molecule has 3 N–H and O–H groups in total. The maximum absolute atomic E-state index is 10.5. The zero-order chi connectivity index (χ0) is 8.97. The van der Waals surface area contributed by atoms with Crippen molar-refractivity contribution < 1.29 is 15.0 Å². The van der Waals surface area contributed by atoms with Crippen LogP contribution < -0.4 is 5.32 Å². The maximum atomic E-state index is 10.5. The third kappa shape index (κ3) is 4.42. The molecular weight excluding hydrogens is 181 g/mol. The van der Waals surface area contributed by atoms with Crippen LogP contribution in [-0.2, 0) is 4.79 Å². The molecule has 1 aliphatic rings. The normalized spacial score (nSPS) is 19.5. The minimum absolute atomic E-state index is 0. The summed E-state index contributed by atoms with van der Waals surface area (Å²) in [5, 5.41) is 20.2. The van der Waals surface area contributed by atoms with Gasteiger partial charge in [0.2, 0.25) is 0 Å². The molecule has 1 aliphatic carbocycles. The predicted molar refractivity (Wildman–Crippen MR) is 49.7 cm³/mol. The Morgan fingerprint density at radius 3 is 2.38 bits per heavy atom. The van der Waals surface area contributed by atoms with Crippen LogP contribution in [0.3, 0.4) is 0 Å². The SMILES string of the molecule is O=C(O)C(CO)NC1CCCC1.[Na]. The molecule has 0 bridgehead atoms. The van der Waals surface area contributed by atoms with E-state index in [1.165, 1.54) is 0 Å². The quantitative estimate of drug-likeness (QED) is 0.534. The van der Waals surface area contributed by atoms with E-state index in [1.54, 1.807) is 0 Å². The van der Waals surface area contributed by atoms with Gasteiger partial charge in [0.15, 0.2) is 0 Å². The van der Waals surface area contributed by atoms with E-state index in [2.05, 4.69) is 5.32 Å². The summed E-state index contributed by atoms with van der Waals surface area (Å²) in [6.07, 6.45) is 4.39. The summed E-state index contributed by atoms with van der Waals surface area (Å²) in [6, 6.07) is -0.494. The largest absolute Gasteiger partial charge is 0.480 e. The molecule has 1 unspecified atom stereocenters. The summed E-state index contributed by atoms with van der Waals surface area (Å²) in [4.78, 5) is 10.5. The van der Waals surface area contributed by atoms with Crippen molar-refractivity contribution in [1.82, 2.24) is 5.32 Å². The van der Waals surface area contributed by atoms with Crippen molar-refractivity contribution in [3.63, 3.8) is 0 Å². The Morgan fingerprint density at radius 1 is 1.46 bits per heavy atom. The first-order valence-corrected chi connectivity index (χ1v) is 4.33. The van der Waals surface area contributed by atoms with Gasteiger partial charge in [-0.1, -0.05) is 12.8 Å². The molecule has 1 radical (unpaired) electrons. The monoisotopic (exact) mass is 196 g/mol. The molecule has 0 heterocycles. The van der Waals surface area contributed by atoms with Gasteiger partial charge in [-0.2, -0.15) is 0 Å². The molecule has 1 atom stereocenters. The minimum atomic E-state index is -0.968. The van der Waals surface area contributed by atoms with Crippen molar-refractivity contribution in [1.29, 1.82) is 0 Å². The average Bonchev–Trinajstić information content (AvgIpc) is 2.51. The first-order valence-electron chi connectivity index (χ1n) is 4.33. The summed E-state index contributed by atoms with van der Waals surface area (Å²) < 4.78 is 0. The molecule has 0 aromatic heterocycles. The number of hydrogen-bond acceptors (Lipinski definition) is 3. The molecule has 0 aliphatic heterocycles. The summed E-state index contributed by atoms with van der Waals surface area (Å²) >= 11 is 0. The molecule has 71 valence electrons. The molecule has 0 aromatic rings. The molecule has 1 saturated carbocycles. The van der Waals surface area contributed by atoms with Gasteiger partial charge in [0.1, 0.15) is 6.04 Å². The van der Waals surface area contributed by atoms with E-state index in [0.29, 0.717) is 6.04 Å². The van der Waals surface area contributed by atoms with Gasteiger partial charge in [0.25, 0.3) is 0 Å². The average molecular weight is 196 g/mol. The molecule has 0 saturated heterocycles. The number of nitrogens with one attached hydrogen (secondary N) is 1. The summed E-state index contributed by atoms with van der Waals surface area (Å²) in [6.45, 7) is -0.328. The second kappa shape index (κ2) is 6.79. The van der Waals surface area contributed by atoms with E-state index in [1.807, 2.05) is 0 Å². The first-order chi connectivity index (χ1) is 5.74. The Morgan fingerprint density at radius 2 is 2.00 bits per heavy atom. The van der Waals surface area contributed by atoms with Crippen molar-refractivity contribution >= 4 is 35.5 Å². The number of hydrogen-bond donors (Lipinski definition) is 3. The molecular formula is C8H15NNaO3. The summed E-state index contributed by atoms with van der Waals surface area (Å²) in [5.74, 6) is -0.968. The Hall–Kier alpha value is 0.390. The Bertz CT molecular complexity index is 159. The fourth-order valence-electron chi connectivity index (χ4n) is 1.58. The second-order valence-corrected chi connectivity index (χ2v) is 3.22. The fourth-order valence-corrected chi connectivity index (χ4v) is 1.58. The number of aliphatic carboxylic acids is 1. The molecule has 13 heavy (non-hydrogen) atoms. The van der Waals surface area contributed by atoms with E-state index in [0.717, 1.165) is 25.7 Å². The summed E-state index contributed by atoms with van der Waals surface area (Å²) in [5.41, 5.74) is 0. The fraction of sp³-hybridized carbons (Fsp3) is 0.875. The van der Waals surface area contributed by atoms with Crippen LogP contribution in [0.25, 0.3) is 0 Å². The van der Waals surface area contributed by atoms with E-state index in [4.69, 9.17) is 10.2 Å². The zero-order valence-corrected chi connectivity index (χ0v) is 9.99. The zero-order valence-electron chi connectivity index (χ0n) is 7.99. The molecule has 1 fully saturated rings. The van der Waals surface area contributed by atoms with Crippen LogP contribution in [0.2, 0.25) is 0 Å². The number of aliphatic hydroxyl groups excluding tert-OH is 1. The van der Waals surface area contributed by atoms with Crippen molar-refractivity contribution in [2.45, 2.75) is 37.8 Å². The number of carboxylic acid groups (broad SMARTS) is 1. The number of rotatable bonds is 4. The third-order valence-electron chi connectivity index (χ3n) is 2.27. The van der Waals surface area contributed by atoms with Crippen LogP contribution in [0.4, 0.5) is 0 Å². The van der Waals surface area contributed by atoms with Gasteiger partial charge < -0.3 is 10.2 Å². The Balaban J connectivity index is 0.00000144. The van der Waals surface area contributed by atoms with E-state index in [-0.39, 0.29) is 36.2 Å². The topological polar surface area (TPSA) is 69.6 Å². The van der Waals surface area contributed by atoms with Gasteiger partial charge >= 0.3 is 5.97 Å². The molecule has 0 spiro atoms. The van der Waals surface area contributed by atoms with Gasteiger partial charge in [-0.15, -0.1) is 0 Å².